The predicted octanol–water partition coefficient (Wildman–Crippen LogP) is 3.14. The molecule has 0 unspecified atom stereocenters. The van der Waals surface area contributed by atoms with Gasteiger partial charge in [-0.1, -0.05) is 30.3 Å². The van der Waals surface area contributed by atoms with E-state index in [9.17, 15) is 14.9 Å². The van der Waals surface area contributed by atoms with E-state index in [2.05, 4.69) is 20.7 Å². The minimum atomic E-state index is -0.472. The van der Waals surface area contributed by atoms with Gasteiger partial charge in [0.15, 0.2) is 0 Å². The van der Waals surface area contributed by atoms with Gasteiger partial charge in [-0.05, 0) is 30.7 Å². The molecule has 2 aromatic carbocycles. The Morgan fingerprint density at radius 2 is 1.85 bits per heavy atom. The van der Waals surface area contributed by atoms with Crippen molar-refractivity contribution in [2.24, 2.45) is 5.10 Å². The number of nitrogens with one attached hydrogen (secondary N) is 2. The molecule has 1 heterocycles. The van der Waals surface area contributed by atoms with Crippen LogP contribution in [0, 0.1) is 10.1 Å². The van der Waals surface area contributed by atoms with Gasteiger partial charge in [-0.2, -0.15) is 10.2 Å². The summed E-state index contributed by atoms with van der Waals surface area (Å²) in [4.78, 5) is 22.4. The first-order valence-electron chi connectivity index (χ1n) is 7.75. The summed E-state index contributed by atoms with van der Waals surface area (Å²) in [5.41, 5.74) is 5.47. The summed E-state index contributed by atoms with van der Waals surface area (Å²) < 4.78 is 0. The number of aromatic nitrogens is 2. The highest BCUT2D eigenvalue weighted by Gasteiger charge is 2.11. The van der Waals surface area contributed by atoms with Crippen LogP contribution in [0.25, 0.3) is 11.3 Å². The quantitative estimate of drug-likeness (QED) is 0.418. The van der Waals surface area contributed by atoms with Crippen LogP contribution in [0.5, 0.6) is 0 Å². The highest BCUT2D eigenvalue weighted by atomic mass is 16.6. The molecule has 0 atom stereocenters. The van der Waals surface area contributed by atoms with Crippen molar-refractivity contribution in [1.29, 1.82) is 0 Å². The third-order valence-electron chi connectivity index (χ3n) is 3.71. The lowest BCUT2D eigenvalue weighted by Crippen LogP contribution is -2.19. The second kappa shape index (κ2) is 7.39. The summed E-state index contributed by atoms with van der Waals surface area (Å²) in [6.07, 6.45) is 0. The number of hydrogen-bond donors (Lipinski definition) is 2. The molecule has 0 saturated carbocycles. The Bertz CT molecular complexity index is 962. The Morgan fingerprint density at radius 1 is 1.15 bits per heavy atom. The third kappa shape index (κ3) is 3.81. The first-order chi connectivity index (χ1) is 12.5. The Kier molecular flexibility index (Phi) is 4.84. The molecule has 2 N–H and O–H groups in total. The van der Waals surface area contributed by atoms with Crippen LogP contribution in [0.2, 0.25) is 0 Å². The van der Waals surface area contributed by atoms with Gasteiger partial charge in [0.1, 0.15) is 5.69 Å². The fourth-order valence-corrected chi connectivity index (χ4v) is 2.28. The Balaban J connectivity index is 1.69. The number of rotatable bonds is 5. The van der Waals surface area contributed by atoms with Gasteiger partial charge in [-0.15, -0.1) is 0 Å². The molecular formula is C18H15N5O3. The lowest BCUT2D eigenvalue weighted by Gasteiger charge is -2.01. The average Bonchev–Trinajstić information content (AvgIpc) is 3.17. The number of H-pyrrole nitrogens is 1. The van der Waals surface area contributed by atoms with Crippen LogP contribution in [-0.4, -0.2) is 26.7 Å². The van der Waals surface area contributed by atoms with E-state index < -0.39 is 10.8 Å². The van der Waals surface area contributed by atoms with Crippen LogP contribution in [0.3, 0.4) is 0 Å². The molecule has 0 spiro atoms. The lowest BCUT2D eigenvalue weighted by atomic mass is 10.1. The summed E-state index contributed by atoms with van der Waals surface area (Å²) in [5.74, 6) is -0.430. The molecule has 0 aliphatic heterocycles. The lowest BCUT2D eigenvalue weighted by molar-refractivity contribution is -0.384. The average molecular weight is 349 g/mol. The monoisotopic (exact) mass is 349 g/mol. The molecule has 8 heteroatoms. The standard InChI is InChI=1S/C18H15N5O3/c1-12(13-7-9-15(10-8-13)23(25)26)19-22-18(24)17-11-16(20-21-17)14-5-3-2-4-6-14/h2-11H,1H3,(H,20,21)(H,22,24)/b19-12+. The van der Waals surface area contributed by atoms with Gasteiger partial charge in [0.25, 0.3) is 11.6 Å². The number of amides is 1. The molecule has 26 heavy (non-hydrogen) atoms. The number of carbonyl (C=O) groups is 1. The Morgan fingerprint density at radius 3 is 2.50 bits per heavy atom. The number of non-ortho nitro benzene ring substituents is 1. The highest BCUT2D eigenvalue weighted by Crippen LogP contribution is 2.17. The largest absolute Gasteiger partial charge is 0.289 e. The van der Waals surface area contributed by atoms with E-state index in [0.717, 1.165) is 5.56 Å². The second-order valence-electron chi connectivity index (χ2n) is 5.48. The van der Waals surface area contributed by atoms with Crippen LogP contribution in [-0.2, 0) is 0 Å². The van der Waals surface area contributed by atoms with Gasteiger partial charge < -0.3 is 0 Å². The van der Waals surface area contributed by atoms with Crippen molar-refractivity contribution < 1.29 is 9.72 Å². The number of benzene rings is 2. The maximum Gasteiger partial charge on any atom is 0.289 e. The van der Waals surface area contributed by atoms with Gasteiger partial charge in [-0.25, -0.2) is 5.43 Å². The van der Waals surface area contributed by atoms with Crippen molar-refractivity contribution >= 4 is 17.3 Å². The summed E-state index contributed by atoms with van der Waals surface area (Å²) in [6, 6.07) is 17.0. The number of carbonyl (C=O) groups excluding carboxylic acids is 1. The van der Waals surface area contributed by atoms with E-state index in [4.69, 9.17) is 0 Å². The van der Waals surface area contributed by atoms with Crippen LogP contribution in [0.1, 0.15) is 23.0 Å². The van der Waals surface area contributed by atoms with Crippen molar-refractivity contribution in [2.45, 2.75) is 6.92 Å². The minimum Gasteiger partial charge on any atom is -0.272 e. The van der Waals surface area contributed by atoms with Crippen molar-refractivity contribution in [3.63, 3.8) is 0 Å². The minimum absolute atomic E-state index is 0.00325. The summed E-state index contributed by atoms with van der Waals surface area (Å²) in [7, 11) is 0. The van der Waals surface area contributed by atoms with E-state index in [0.29, 0.717) is 17.0 Å². The number of hydrogen-bond acceptors (Lipinski definition) is 5. The molecule has 130 valence electrons. The molecule has 0 radical (unpaired) electrons. The number of hydrazone groups is 1. The van der Waals surface area contributed by atoms with Gasteiger partial charge in [0.05, 0.1) is 16.3 Å². The molecule has 0 fully saturated rings. The van der Waals surface area contributed by atoms with E-state index in [-0.39, 0.29) is 11.4 Å². The molecule has 1 amide bonds. The first kappa shape index (κ1) is 17.0. The zero-order valence-electron chi connectivity index (χ0n) is 13.8. The van der Waals surface area contributed by atoms with E-state index in [1.807, 2.05) is 30.3 Å². The zero-order chi connectivity index (χ0) is 18.5. The Hall–Kier alpha value is -3.81. The van der Waals surface area contributed by atoms with Crippen molar-refractivity contribution in [3.8, 4) is 11.3 Å². The number of aromatic amines is 1. The van der Waals surface area contributed by atoms with Crippen molar-refractivity contribution in [1.82, 2.24) is 15.6 Å². The van der Waals surface area contributed by atoms with Gasteiger partial charge in [0.2, 0.25) is 0 Å². The van der Waals surface area contributed by atoms with Gasteiger partial charge in [-0.3, -0.25) is 20.0 Å². The summed E-state index contributed by atoms with van der Waals surface area (Å²) >= 11 is 0. The number of nitrogens with zero attached hydrogens (tertiary/aromatic N) is 3. The molecular weight excluding hydrogens is 334 g/mol. The van der Waals surface area contributed by atoms with Crippen LogP contribution >= 0.6 is 0 Å². The smallest absolute Gasteiger partial charge is 0.272 e. The highest BCUT2D eigenvalue weighted by molar-refractivity contribution is 6.00. The summed E-state index contributed by atoms with van der Waals surface area (Å²) in [5, 5.41) is 21.5. The predicted molar refractivity (Wildman–Crippen MR) is 96.8 cm³/mol. The van der Waals surface area contributed by atoms with Crippen LogP contribution in [0.4, 0.5) is 5.69 Å². The normalized spacial score (nSPS) is 11.2. The molecule has 0 aliphatic carbocycles. The van der Waals surface area contributed by atoms with Crippen molar-refractivity contribution in [2.75, 3.05) is 0 Å². The molecule has 3 rings (SSSR count). The first-order valence-corrected chi connectivity index (χ1v) is 7.75. The molecule has 3 aromatic rings. The SMILES string of the molecule is C/C(=N\NC(=O)c1cc(-c2ccccc2)n[nH]1)c1ccc([N+](=O)[O-])cc1. The summed E-state index contributed by atoms with van der Waals surface area (Å²) in [6.45, 7) is 1.70. The molecule has 8 nitrogen and oxygen atoms in total. The van der Waals surface area contributed by atoms with E-state index in [1.54, 1.807) is 25.1 Å². The molecule has 0 saturated heterocycles. The van der Waals surface area contributed by atoms with Crippen LogP contribution < -0.4 is 5.43 Å². The third-order valence-corrected chi connectivity index (χ3v) is 3.71. The maximum atomic E-state index is 12.2. The van der Waals surface area contributed by atoms with Crippen molar-refractivity contribution in [3.05, 3.63) is 82.0 Å². The molecule has 0 aliphatic rings. The van der Waals surface area contributed by atoms with E-state index in [1.165, 1.54) is 12.1 Å². The number of nitro groups is 1. The fourth-order valence-electron chi connectivity index (χ4n) is 2.28. The zero-order valence-corrected chi connectivity index (χ0v) is 13.8. The fraction of sp³-hybridized carbons (Fsp3) is 0.0556. The maximum absolute atomic E-state index is 12.2. The molecule has 0 bridgehead atoms. The Labute approximate surface area is 148 Å². The van der Waals surface area contributed by atoms with Crippen LogP contribution in [0.15, 0.2) is 65.8 Å². The molecule has 1 aromatic heterocycles. The second-order valence-corrected chi connectivity index (χ2v) is 5.48. The van der Waals surface area contributed by atoms with Gasteiger partial charge >= 0.3 is 0 Å². The number of nitro benzene ring substituents is 1. The van der Waals surface area contributed by atoms with E-state index >= 15 is 0 Å². The van der Waals surface area contributed by atoms with Gasteiger partial charge in [0, 0.05) is 17.7 Å². The topological polar surface area (TPSA) is 113 Å².